The van der Waals surface area contributed by atoms with Gasteiger partial charge in [-0.1, -0.05) is 33.3 Å². The van der Waals surface area contributed by atoms with Gasteiger partial charge in [-0.25, -0.2) is 0 Å². The number of carbonyl (C=O) groups is 2. The first-order chi connectivity index (χ1) is 12.3. The Balaban J connectivity index is 2.20. The number of aliphatic hydroxyl groups is 1. The Labute approximate surface area is 162 Å². The van der Waals surface area contributed by atoms with Crippen molar-refractivity contribution < 1.29 is 24.2 Å². The molecule has 0 amide bonds. The quantitative estimate of drug-likeness (QED) is 0.589. The van der Waals surface area contributed by atoms with Crippen LogP contribution in [0.1, 0.15) is 67.2 Å². The predicted molar refractivity (Wildman–Crippen MR) is 102 cm³/mol. The molecule has 1 heterocycles. The molecule has 1 saturated heterocycles. The van der Waals surface area contributed by atoms with Gasteiger partial charge in [0.2, 0.25) is 0 Å². The molecule has 27 heavy (non-hydrogen) atoms. The maximum absolute atomic E-state index is 13.5. The lowest BCUT2D eigenvalue weighted by atomic mass is 9.42. The third-order valence-electron chi connectivity index (χ3n) is 7.56. The number of esters is 1. The summed E-state index contributed by atoms with van der Waals surface area (Å²) in [6.45, 7) is 15.2. The lowest BCUT2D eigenvalue weighted by Gasteiger charge is -2.67. The van der Waals surface area contributed by atoms with Crippen LogP contribution in [0.3, 0.4) is 0 Å². The zero-order chi connectivity index (χ0) is 20.4. The summed E-state index contributed by atoms with van der Waals surface area (Å²) in [5.41, 5.74) is -2.51. The second kappa shape index (κ2) is 6.15. The zero-order valence-corrected chi connectivity index (χ0v) is 17.5. The summed E-state index contributed by atoms with van der Waals surface area (Å²) in [4.78, 5) is 25.4. The van der Waals surface area contributed by atoms with Crippen molar-refractivity contribution >= 4 is 11.8 Å². The van der Waals surface area contributed by atoms with E-state index in [0.29, 0.717) is 0 Å². The summed E-state index contributed by atoms with van der Waals surface area (Å²) in [6, 6.07) is 0. The first kappa shape index (κ1) is 20.5. The fraction of sp³-hybridized carbons (Fsp3) is 0.818. The van der Waals surface area contributed by atoms with Crippen LogP contribution < -0.4 is 0 Å². The Morgan fingerprint density at radius 2 is 1.89 bits per heavy atom. The molecule has 3 fully saturated rings. The molecule has 1 N–H and O–H groups in total. The monoisotopic (exact) mass is 378 g/mol. The molecule has 2 saturated carbocycles. The van der Waals surface area contributed by atoms with E-state index in [4.69, 9.17) is 9.47 Å². The molecule has 3 rings (SSSR count). The summed E-state index contributed by atoms with van der Waals surface area (Å²) in [6.07, 6.45) is 2.94. The van der Waals surface area contributed by atoms with Crippen LogP contribution in [0.5, 0.6) is 0 Å². The third-order valence-corrected chi connectivity index (χ3v) is 7.56. The van der Waals surface area contributed by atoms with Gasteiger partial charge in [0.25, 0.3) is 0 Å². The highest BCUT2D eigenvalue weighted by Crippen LogP contribution is 2.65. The fourth-order valence-corrected chi connectivity index (χ4v) is 6.91. The maximum Gasteiger partial charge on any atom is 0.303 e. The maximum atomic E-state index is 13.5. The summed E-state index contributed by atoms with van der Waals surface area (Å²) >= 11 is 0. The SMILES string of the molecule is C=C[C@@]1(C)CC(=O)C2C(C)(O1)[C@@H](OC(C)=O)[C@@H](O)[C@H]1C(C)(C)CCC[C@]21C. The highest BCUT2D eigenvalue weighted by molar-refractivity contribution is 5.86. The number of hydrogen-bond acceptors (Lipinski definition) is 5. The second-order valence-corrected chi connectivity index (χ2v) is 10.2. The molecule has 1 aliphatic heterocycles. The molecule has 0 aromatic heterocycles. The van der Waals surface area contributed by atoms with Gasteiger partial charge in [0, 0.05) is 13.3 Å². The Hall–Kier alpha value is -1.20. The molecule has 5 nitrogen and oxygen atoms in total. The minimum absolute atomic E-state index is 0.111. The van der Waals surface area contributed by atoms with Crippen LogP contribution in [0.2, 0.25) is 0 Å². The molecule has 0 spiro atoms. The Kier molecular flexibility index (Phi) is 4.68. The molecule has 0 aromatic carbocycles. The number of ketones is 1. The first-order valence-corrected chi connectivity index (χ1v) is 10.0. The van der Waals surface area contributed by atoms with E-state index in [1.54, 1.807) is 6.08 Å². The average Bonchev–Trinajstić information content (AvgIpc) is 2.49. The van der Waals surface area contributed by atoms with Crippen LogP contribution in [0.25, 0.3) is 0 Å². The summed E-state index contributed by atoms with van der Waals surface area (Å²) in [5, 5.41) is 11.5. The van der Waals surface area contributed by atoms with Crippen LogP contribution in [-0.4, -0.2) is 40.3 Å². The second-order valence-electron chi connectivity index (χ2n) is 10.2. The molecule has 0 aromatic rings. The van der Waals surface area contributed by atoms with Crippen LogP contribution in [-0.2, 0) is 19.1 Å². The van der Waals surface area contributed by atoms with E-state index >= 15 is 0 Å². The van der Waals surface area contributed by atoms with E-state index < -0.39 is 40.7 Å². The molecule has 2 unspecified atom stereocenters. The highest BCUT2D eigenvalue weighted by atomic mass is 16.6. The minimum Gasteiger partial charge on any atom is -0.457 e. The van der Waals surface area contributed by atoms with Crippen molar-refractivity contribution in [3.8, 4) is 0 Å². The van der Waals surface area contributed by atoms with Crippen molar-refractivity contribution in [2.24, 2.45) is 22.7 Å². The number of aliphatic hydroxyl groups excluding tert-OH is 1. The molecule has 5 heteroatoms. The van der Waals surface area contributed by atoms with Crippen molar-refractivity contribution in [3.05, 3.63) is 12.7 Å². The van der Waals surface area contributed by atoms with Gasteiger partial charge in [-0.2, -0.15) is 0 Å². The van der Waals surface area contributed by atoms with Gasteiger partial charge in [0.05, 0.1) is 17.6 Å². The molecule has 0 radical (unpaired) electrons. The van der Waals surface area contributed by atoms with E-state index in [0.717, 1.165) is 19.3 Å². The summed E-state index contributed by atoms with van der Waals surface area (Å²) in [7, 11) is 0. The highest BCUT2D eigenvalue weighted by Gasteiger charge is 2.71. The van der Waals surface area contributed by atoms with Gasteiger partial charge in [-0.15, -0.1) is 6.58 Å². The van der Waals surface area contributed by atoms with Gasteiger partial charge >= 0.3 is 5.97 Å². The Morgan fingerprint density at radius 1 is 1.26 bits per heavy atom. The molecule has 152 valence electrons. The molecule has 3 aliphatic rings. The molecular weight excluding hydrogens is 344 g/mol. The van der Waals surface area contributed by atoms with E-state index in [2.05, 4.69) is 27.4 Å². The first-order valence-electron chi connectivity index (χ1n) is 10.0. The number of carbonyl (C=O) groups excluding carboxylic acids is 2. The molecule has 0 bridgehead atoms. The van der Waals surface area contributed by atoms with Crippen molar-refractivity contribution in [2.75, 3.05) is 0 Å². The number of Topliss-reactive ketones (excluding diaryl/α,β-unsaturated/α-hetero) is 1. The Morgan fingerprint density at radius 3 is 2.44 bits per heavy atom. The number of hydrogen-bond donors (Lipinski definition) is 1. The number of ether oxygens (including phenoxy) is 2. The fourth-order valence-electron chi connectivity index (χ4n) is 6.91. The average molecular weight is 379 g/mol. The van der Waals surface area contributed by atoms with Crippen molar-refractivity contribution in [1.82, 2.24) is 0 Å². The van der Waals surface area contributed by atoms with Crippen LogP contribution in [0.15, 0.2) is 12.7 Å². The van der Waals surface area contributed by atoms with E-state index in [1.165, 1.54) is 6.92 Å². The summed E-state index contributed by atoms with van der Waals surface area (Å²) in [5.74, 6) is -0.948. The number of fused-ring (bicyclic) bond motifs is 3. The van der Waals surface area contributed by atoms with Gasteiger partial charge in [0.1, 0.15) is 11.4 Å². The molecule has 7 atom stereocenters. The van der Waals surface area contributed by atoms with Gasteiger partial charge in [-0.05, 0) is 43.4 Å². The zero-order valence-electron chi connectivity index (χ0n) is 17.5. The largest absolute Gasteiger partial charge is 0.457 e. The van der Waals surface area contributed by atoms with Crippen molar-refractivity contribution in [3.63, 3.8) is 0 Å². The van der Waals surface area contributed by atoms with E-state index in [9.17, 15) is 14.7 Å². The Bertz CT molecular complexity index is 670. The van der Waals surface area contributed by atoms with E-state index in [1.807, 2.05) is 13.8 Å². The van der Waals surface area contributed by atoms with Crippen molar-refractivity contribution in [1.29, 1.82) is 0 Å². The number of rotatable bonds is 2. The normalized spacial score (nSPS) is 48.9. The van der Waals surface area contributed by atoms with Crippen LogP contribution in [0.4, 0.5) is 0 Å². The van der Waals surface area contributed by atoms with Gasteiger partial charge in [-0.3, -0.25) is 9.59 Å². The lowest BCUT2D eigenvalue weighted by molar-refractivity contribution is -0.307. The van der Waals surface area contributed by atoms with Crippen LogP contribution in [0, 0.1) is 22.7 Å². The summed E-state index contributed by atoms with van der Waals surface area (Å²) < 4.78 is 12.1. The topological polar surface area (TPSA) is 72.8 Å². The van der Waals surface area contributed by atoms with E-state index in [-0.39, 0.29) is 23.5 Å². The smallest absolute Gasteiger partial charge is 0.303 e. The van der Waals surface area contributed by atoms with Crippen molar-refractivity contribution in [2.45, 2.75) is 90.6 Å². The van der Waals surface area contributed by atoms with Gasteiger partial charge < -0.3 is 14.6 Å². The minimum atomic E-state index is -1.10. The van der Waals surface area contributed by atoms with Gasteiger partial charge in [0.15, 0.2) is 6.10 Å². The van der Waals surface area contributed by atoms with Crippen LogP contribution >= 0.6 is 0 Å². The predicted octanol–water partition coefficient (Wildman–Crippen LogP) is 3.43. The third kappa shape index (κ3) is 2.89. The molecular formula is C22H34O5. The lowest BCUT2D eigenvalue weighted by Crippen LogP contribution is -2.75. The molecule has 2 aliphatic carbocycles. The standard InChI is InChI=1S/C22H34O5/c1-8-20(5)12-14(24)16-21(6)11-9-10-19(3,4)17(21)15(25)18(26-13(2)23)22(16,7)27-20/h8,15-18,25H,1,9-12H2,2-7H3/t15-,16?,17-,18-,20-,21+,22?/m0/s1.